The molecule has 0 atom stereocenters. The second-order valence-corrected chi connectivity index (χ2v) is 4.51. The summed E-state index contributed by atoms with van der Waals surface area (Å²) in [6.45, 7) is 8.25. The fourth-order valence-corrected chi connectivity index (χ4v) is 1.74. The van der Waals surface area contributed by atoms with E-state index in [4.69, 9.17) is 25.8 Å². The minimum Gasteiger partial charge on any atom is -0.490 e. The van der Waals surface area contributed by atoms with Crippen LogP contribution in [0.1, 0.15) is 38.1 Å². The molecule has 1 aromatic rings. The molecule has 0 aliphatic heterocycles. The Labute approximate surface area is 118 Å². The average molecular weight is 287 g/mol. The van der Waals surface area contributed by atoms with Gasteiger partial charge in [-0.25, -0.2) is 4.79 Å². The molecule has 0 N–H and O–H groups in total. The van der Waals surface area contributed by atoms with Gasteiger partial charge in [-0.1, -0.05) is 11.6 Å². The highest BCUT2D eigenvalue weighted by Crippen LogP contribution is 2.34. The van der Waals surface area contributed by atoms with Crippen molar-refractivity contribution in [2.75, 3.05) is 13.2 Å². The minimum atomic E-state index is -0.469. The summed E-state index contributed by atoms with van der Waals surface area (Å²) in [5, 5.41) is 0.289. The molecule has 0 aliphatic rings. The molecule has 0 amide bonds. The van der Waals surface area contributed by atoms with Crippen molar-refractivity contribution in [1.29, 1.82) is 0 Å². The Balaban J connectivity index is 3.12. The Morgan fingerprint density at radius 2 is 1.68 bits per heavy atom. The van der Waals surface area contributed by atoms with Gasteiger partial charge in [0.15, 0.2) is 11.5 Å². The topological polar surface area (TPSA) is 44.8 Å². The molecule has 0 bridgehead atoms. The zero-order valence-electron chi connectivity index (χ0n) is 11.7. The van der Waals surface area contributed by atoms with Crippen molar-refractivity contribution in [3.05, 3.63) is 22.7 Å². The van der Waals surface area contributed by atoms with E-state index in [9.17, 15) is 4.79 Å². The molecule has 0 fully saturated rings. The van der Waals surface area contributed by atoms with Gasteiger partial charge in [0, 0.05) is 12.1 Å². The third-order valence-corrected chi connectivity index (χ3v) is 2.51. The first kappa shape index (κ1) is 15.6. The second-order valence-electron chi connectivity index (χ2n) is 4.10. The molecule has 0 spiro atoms. The Kier molecular flexibility index (Phi) is 5.96. The van der Waals surface area contributed by atoms with Crippen molar-refractivity contribution in [3.63, 3.8) is 0 Å². The molecule has 1 rings (SSSR count). The van der Waals surface area contributed by atoms with E-state index in [1.165, 1.54) is 0 Å². The maximum absolute atomic E-state index is 11.9. The second kappa shape index (κ2) is 7.24. The van der Waals surface area contributed by atoms with Crippen LogP contribution in [-0.2, 0) is 4.74 Å². The van der Waals surface area contributed by atoms with Gasteiger partial charge in [0.2, 0.25) is 0 Å². The Bertz CT molecular complexity index is 443. The Morgan fingerprint density at radius 3 is 2.16 bits per heavy atom. The molecule has 0 heterocycles. The molecular formula is C14H19ClO4. The number of esters is 1. The fraction of sp³-hybridized carbons (Fsp3) is 0.500. The van der Waals surface area contributed by atoms with Gasteiger partial charge >= 0.3 is 5.97 Å². The highest BCUT2D eigenvalue weighted by molar-refractivity contribution is 6.33. The van der Waals surface area contributed by atoms with Crippen molar-refractivity contribution in [2.45, 2.75) is 33.8 Å². The van der Waals surface area contributed by atoms with E-state index in [0.717, 1.165) is 0 Å². The summed E-state index contributed by atoms with van der Waals surface area (Å²) >= 11 is 6.08. The van der Waals surface area contributed by atoms with Crippen LogP contribution in [0.3, 0.4) is 0 Å². The summed E-state index contributed by atoms with van der Waals surface area (Å²) in [5.41, 5.74) is 0.280. The van der Waals surface area contributed by atoms with Crippen LogP contribution in [0.2, 0.25) is 5.02 Å². The third kappa shape index (κ3) is 4.31. The van der Waals surface area contributed by atoms with Gasteiger partial charge in [-0.05, 0) is 27.7 Å². The molecule has 106 valence electrons. The van der Waals surface area contributed by atoms with E-state index in [2.05, 4.69) is 0 Å². The number of benzene rings is 1. The van der Waals surface area contributed by atoms with Crippen molar-refractivity contribution >= 4 is 17.6 Å². The van der Waals surface area contributed by atoms with Crippen LogP contribution < -0.4 is 9.47 Å². The number of hydrogen-bond acceptors (Lipinski definition) is 4. The maximum atomic E-state index is 11.9. The van der Waals surface area contributed by atoms with Crippen molar-refractivity contribution in [2.24, 2.45) is 0 Å². The minimum absolute atomic E-state index is 0.203. The van der Waals surface area contributed by atoms with Gasteiger partial charge in [0.05, 0.1) is 29.9 Å². The summed E-state index contributed by atoms with van der Waals surface area (Å²) in [4.78, 5) is 11.9. The lowest BCUT2D eigenvalue weighted by Crippen LogP contribution is -2.12. The van der Waals surface area contributed by atoms with E-state index < -0.39 is 5.97 Å². The van der Waals surface area contributed by atoms with E-state index >= 15 is 0 Å². The number of carbonyl (C=O) groups is 1. The lowest BCUT2D eigenvalue weighted by molar-refractivity contribution is 0.0377. The normalized spacial score (nSPS) is 10.4. The standard InChI is InChI=1S/C14H19ClO4/c1-5-17-12-7-10(14(16)19-9(3)4)11(15)8-13(12)18-6-2/h7-9H,5-6H2,1-4H3. The van der Waals surface area contributed by atoms with Gasteiger partial charge in [-0.3, -0.25) is 0 Å². The molecule has 0 aromatic heterocycles. The van der Waals surface area contributed by atoms with Crippen LogP contribution in [-0.4, -0.2) is 25.3 Å². The molecule has 0 unspecified atom stereocenters. The highest BCUT2D eigenvalue weighted by Gasteiger charge is 2.18. The molecular weight excluding hydrogens is 268 g/mol. The highest BCUT2D eigenvalue weighted by atomic mass is 35.5. The first-order valence-corrected chi connectivity index (χ1v) is 6.67. The lowest BCUT2D eigenvalue weighted by Gasteiger charge is -2.14. The number of rotatable bonds is 6. The van der Waals surface area contributed by atoms with E-state index in [-0.39, 0.29) is 16.7 Å². The van der Waals surface area contributed by atoms with E-state index in [0.29, 0.717) is 24.7 Å². The van der Waals surface area contributed by atoms with Crippen LogP contribution in [0, 0.1) is 0 Å². The van der Waals surface area contributed by atoms with Crippen LogP contribution in [0.25, 0.3) is 0 Å². The van der Waals surface area contributed by atoms with E-state index in [1.807, 2.05) is 13.8 Å². The monoisotopic (exact) mass is 286 g/mol. The summed E-state index contributed by atoms with van der Waals surface area (Å²) in [6.07, 6.45) is -0.203. The van der Waals surface area contributed by atoms with Crippen molar-refractivity contribution in [1.82, 2.24) is 0 Å². The Morgan fingerprint density at radius 1 is 1.16 bits per heavy atom. The number of ether oxygens (including phenoxy) is 3. The quantitative estimate of drug-likeness (QED) is 0.748. The summed E-state index contributed by atoms with van der Waals surface area (Å²) in [5.74, 6) is 0.545. The summed E-state index contributed by atoms with van der Waals surface area (Å²) in [6, 6.07) is 3.13. The number of hydrogen-bond donors (Lipinski definition) is 0. The third-order valence-electron chi connectivity index (χ3n) is 2.20. The average Bonchev–Trinajstić information content (AvgIpc) is 2.31. The predicted molar refractivity (Wildman–Crippen MR) is 74.3 cm³/mol. The van der Waals surface area contributed by atoms with Crippen molar-refractivity contribution < 1.29 is 19.0 Å². The smallest absolute Gasteiger partial charge is 0.340 e. The zero-order valence-corrected chi connectivity index (χ0v) is 12.4. The van der Waals surface area contributed by atoms with Gasteiger partial charge < -0.3 is 14.2 Å². The largest absolute Gasteiger partial charge is 0.490 e. The molecule has 4 nitrogen and oxygen atoms in total. The molecule has 1 aromatic carbocycles. The molecule has 5 heteroatoms. The van der Waals surface area contributed by atoms with Crippen LogP contribution in [0.5, 0.6) is 11.5 Å². The zero-order chi connectivity index (χ0) is 14.4. The molecule has 0 saturated carbocycles. The number of halogens is 1. The first-order valence-electron chi connectivity index (χ1n) is 6.29. The summed E-state index contributed by atoms with van der Waals surface area (Å²) < 4.78 is 16.0. The fourth-order valence-electron chi connectivity index (χ4n) is 1.51. The van der Waals surface area contributed by atoms with Gasteiger partial charge in [-0.2, -0.15) is 0 Å². The van der Waals surface area contributed by atoms with Crippen LogP contribution in [0.4, 0.5) is 0 Å². The maximum Gasteiger partial charge on any atom is 0.340 e. The van der Waals surface area contributed by atoms with Gasteiger partial charge in [0.25, 0.3) is 0 Å². The molecule has 0 saturated heterocycles. The van der Waals surface area contributed by atoms with Crippen LogP contribution in [0.15, 0.2) is 12.1 Å². The Hall–Kier alpha value is -1.42. The van der Waals surface area contributed by atoms with Gasteiger partial charge in [-0.15, -0.1) is 0 Å². The predicted octanol–water partition coefficient (Wildman–Crippen LogP) is 3.70. The molecule has 19 heavy (non-hydrogen) atoms. The van der Waals surface area contributed by atoms with Crippen LogP contribution >= 0.6 is 11.6 Å². The van der Waals surface area contributed by atoms with Crippen molar-refractivity contribution in [3.8, 4) is 11.5 Å². The lowest BCUT2D eigenvalue weighted by atomic mass is 10.2. The molecule has 0 aliphatic carbocycles. The van der Waals surface area contributed by atoms with E-state index in [1.54, 1.807) is 26.0 Å². The summed E-state index contributed by atoms with van der Waals surface area (Å²) in [7, 11) is 0. The number of carbonyl (C=O) groups excluding carboxylic acids is 1. The molecule has 0 radical (unpaired) electrons. The first-order chi connectivity index (χ1) is 8.99. The van der Waals surface area contributed by atoms with Gasteiger partial charge in [0.1, 0.15) is 0 Å². The SMILES string of the molecule is CCOc1cc(Cl)c(C(=O)OC(C)C)cc1OCC.